The Balaban J connectivity index is 2.07. The van der Waals surface area contributed by atoms with Crippen LogP contribution in [-0.2, 0) is 6.54 Å². The van der Waals surface area contributed by atoms with Gasteiger partial charge in [-0.05, 0) is 49.4 Å². The fraction of sp³-hybridized carbons (Fsp3) is 0.267. The van der Waals surface area contributed by atoms with Crippen LogP contribution >= 0.6 is 11.6 Å². The van der Waals surface area contributed by atoms with Gasteiger partial charge in [0.05, 0.1) is 0 Å². The lowest BCUT2D eigenvalue weighted by atomic mass is 10.1. The lowest BCUT2D eigenvalue weighted by Crippen LogP contribution is -2.22. The summed E-state index contributed by atoms with van der Waals surface area (Å²) in [6.07, 6.45) is 1.74. The Hall–Kier alpha value is -1.58. The predicted molar refractivity (Wildman–Crippen MR) is 80.0 cm³/mol. The molecule has 1 aromatic heterocycles. The highest BCUT2D eigenvalue weighted by Gasteiger charge is 2.12. The molecule has 1 atom stereocenters. The lowest BCUT2D eigenvalue weighted by Gasteiger charge is -2.25. The topological polar surface area (TPSA) is 42.2 Å². The van der Waals surface area contributed by atoms with Gasteiger partial charge in [-0.25, -0.2) is 4.98 Å². The fourth-order valence-electron chi connectivity index (χ4n) is 2.01. The normalized spacial score (nSPS) is 12.6. The molecule has 0 saturated carbocycles. The Morgan fingerprint density at radius 3 is 2.58 bits per heavy atom. The van der Waals surface area contributed by atoms with E-state index in [4.69, 9.17) is 17.3 Å². The highest BCUT2D eigenvalue weighted by Crippen LogP contribution is 2.22. The standard InChI is InChI=1S/C15H18ClN3/c1-11(13-3-5-14(16)6-4-13)19(2)10-12-7-8-18-15(17)9-12/h3-9,11H,10H2,1-2H3,(H2,17,18). The molecule has 1 aromatic carbocycles. The Morgan fingerprint density at radius 2 is 1.95 bits per heavy atom. The van der Waals surface area contributed by atoms with E-state index in [9.17, 15) is 0 Å². The van der Waals surface area contributed by atoms with Crippen LogP contribution in [0.15, 0.2) is 42.6 Å². The second-order valence-corrected chi connectivity index (χ2v) is 5.17. The molecule has 0 aliphatic carbocycles. The van der Waals surface area contributed by atoms with Crippen LogP contribution in [0, 0.1) is 0 Å². The number of benzene rings is 1. The molecular weight excluding hydrogens is 258 g/mol. The molecular formula is C15H18ClN3. The highest BCUT2D eigenvalue weighted by atomic mass is 35.5. The van der Waals surface area contributed by atoms with Gasteiger partial charge in [0.25, 0.3) is 0 Å². The molecule has 0 amide bonds. The Bertz CT molecular complexity index is 539. The number of pyridine rings is 1. The third kappa shape index (κ3) is 3.69. The van der Waals surface area contributed by atoms with E-state index in [0.717, 1.165) is 17.1 Å². The molecule has 0 saturated heterocycles. The van der Waals surface area contributed by atoms with E-state index in [1.165, 1.54) is 5.56 Å². The average Bonchev–Trinajstić information content (AvgIpc) is 2.39. The summed E-state index contributed by atoms with van der Waals surface area (Å²) in [6.45, 7) is 3.00. The van der Waals surface area contributed by atoms with Gasteiger partial charge < -0.3 is 5.73 Å². The number of rotatable bonds is 4. The summed E-state index contributed by atoms with van der Waals surface area (Å²) in [5.74, 6) is 0.560. The van der Waals surface area contributed by atoms with Gasteiger partial charge in [0, 0.05) is 23.8 Å². The van der Waals surface area contributed by atoms with Crippen LogP contribution < -0.4 is 5.73 Å². The van der Waals surface area contributed by atoms with Gasteiger partial charge in [0.2, 0.25) is 0 Å². The fourth-order valence-corrected chi connectivity index (χ4v) is 2.14. The number of hydrogen-bond acceptors (Lipinski definition) is 3. The van der Waals surface area contributed by atoms with Crippen molar-refractivity contribution in [1.29, 1.82) is 0 Å². The highest BCUT2D eigenvalue weighted by molar-refractivity contribution is 6.30. The van der Waals surface area contributed by atoms with Crippen LogP contribution in [0.1, 0.15) is 24.1 Å². The first-order chi connectivity index (χ1) is 9.06. The maximum absolute atomic E-state index is 5.91. The van der Waals surface area contributed by atoms with E-state index in [1.54, 1.807) is 6.20 Å². The molecule has 0 bridgehead atoms. The van der Waals surface area contributed by atoms with E-state index >= 15 is 0 Å². The molecule has 0 fully saturated rings. The van der Waals surface area contributed by atoms with Gasteiger partial charge in [0.1, 0.15) is 5.82 Å². The van der Waals surface area contributed by atoms with Crippen LogP contribution in [-0.4, -0.2) is 16.9 Å². The van der Waals surface area contributed by atoms with Gasteiger partial charge in [0.15, 0.2) is 0 Å². The van der Waals surface area contributed by atoms with Crippen molar-refractivity contribution in [3.05, 3.63) is 58.7 Å². The average molecular weight is 276 g/mol. The predicted octanol–water partition coefficient (Wildman–Crippen LogP) is 3.51. The summed E-state index contributed by atoms with van der Waals surface area (Å²) >= 11 is 5.91. The Kier molecular flexibility index (Phi) is 4.40. The molecule has 1 heterocycles. The van der Waals surface area contributed by atoms with E-state index in [-0.39, 0.29) is 0 Å². The number of nitrogen functional groups attached to an aromatic ring is 1. The summed E-state index contributed by atoms with van der Waals surface area (Å²) in [6, 6.07) is 12.2. The van der Waals surface area contributed by atoms with Crippen LogP contribution in [0.5, 0.6) is 0 Å². The van der Waals surface area contributed by atoms with E-state index in [1.807, 2.05) is 24.3 Å². The van der Waals surface area contributed by atoms with Gasteiger partial charge in [-0.15, -0.1) is 0 Å². The molecule has 0 spiro atoms. The SMILES string of the molecule is CC(c1ccc(Cl)cc1)N(C)Cc1ccnc(N)c1. The maximum Gasteiger partial charge on any atom is 0.123 e. The quantitative estimate of drug-likeness (QED) is 0.928. The summed E-state index contributed by atoms with van der Waals surface area (Å²) in [4.78, 5) is 6.27. The Labute approximate surface area is 119 Å². The number of nitrogens with zero attached hydrogens (tertiary/aromatic N) is 2. The zero-order valence-electron chi connectivity index (χ0n) is 11.2. The largest absolute Gasteiger partial charge is 0.384 e. The molecule has 4 heteroatoms. The summed E-state index contributed by atoms with van der Waals surface area (Å²) in [5, 5.41) is 0.764. The zero-order chi connectivity index (χ0) is 13.8. The molecule has 2 aromatic rings. The molecule has 0 aliphatic rings. The minimum Gasteiger partial charge on any atom is -0.384 e. The van der Waals surface area contributed by atoms with Gasteiger partial charge >= 0.3 is 0 Å². The van der Waals surface area contributed by atoms with Gasteiger partial charge in [-0.3, -0.25) is 4.90 Å². The molecule has 1 unspecified atom stereocenters. The third-order valence-electron chi connectivity index (χ3n) is 3.29. The first-order valence-electron chi connectivity index (χ1n) is 6.22. The molecule has 0 radical (unpaired) electrons. The Morgan fingerprint density at radius 1 is 1.26 bits per heavy atom. The monoisotopic (exact) mass is 275 g/mol. The van der Waals surface area contributed by atoms with Crippen molar-refractivity contribution in [3.8, 4) is 0 Å². The second kappa shape index (κ2) is 6.04. The number of nitrogens with two attached hydrogens (primary N) is 1. The van der Waals surface area contributed by atoms with Gasteiger partial charge in [-0.1, -0.05) is 23.7 Å². The lowest BCUT2D eigenvalue weighted by molar-refractivity contribution is 0.253. The van der Waals surface area contributed by atoms with Crippen LogP contribution in [0.25, 0.3) is 0 Å². The number of halogens is 1. The van der Waals surface area contributed by atoms with Crippen molar-refractivity contribution in [2.75, 3.05) is 12.8 Å². The molecule has 19 heavy (non-hydrogen) atoms. The molecule has 0 aliphatic heterocycles. The summed E-state index contributed by atoms with van der Waals surface area (Å²) in [5.41, 5.74) is 8.10. The number of aromatic nitrogens is 1. The van der Waals surface area contributed by atoms with Crippen molar-refractivity contribution >= 4 is 17.4 Å². The van der Waals surface area contributed by atoms with Crippen molar-refractivity contribution in [1.82, 2.24) is 9.88 Å². The summed E-state index contributed by atoms with van der Waals surface area (Å²) in [7, 11) is 2.09. The third-order valence-corrected chi connectivity index (χ3v) is 3.54. The number of hydrogen-bond donors (Lipinski definition) is 1. The molecule has 3 nitrogen and oxygen atoms in total. The van der Waals surface area contributed by atoms with E-state index in [2.05, 4.69) is 36.0 Å². The van der Waals surface area contributed by atoms with Crippen LogP contribution in [0.2, 0.25) is 5.02 Å². The first kappa shape index (κ1) is 13.8. The van der Waals surface area contributed by atoms with Crippen LogP contribution in [0.4, 0.5) is 5.82 Å². The van der Waals surface area contributed by atoms with Crippen molar-refractivity contribution in [3.63, 3.8) is 0 Å². The van der Waals surface area contributed by atoms with Crippen LogP contribution in [0.3, 0.4) is 0 Å². The molecule has 2 rings (SSSR count). The zero-order valence-corrected chi connectivity index (χ0v) is 11.9. The van der Waals surface area contributed by atoms with Crippen molar-refractivity contribution < 1.29 is 0 Å². The maximum atomic E-state index is 5.91. The van der Waals surface area contributed by atoms with Gasteiger partial charge in [-0.2, -0.15) is 0 Å². The molecule has 100 valence electrons. The minimum atomic E-state index is 0.312. The van der Waals surface area contributed by atoms with E-state index in [0.29, 0.717) is 11.9 Å². The van der Waals surface area contributed by atoms with E-state index < -0.39 is 0 Å². The van der Waals surface area contributed by atoms with Crippen molar-refractivity contribution in [2.24, 2.45) is 0 Å². The van der Waals surface area contributed by atoms with Crippen molar-refractivity contribution in [2.45, 2.75) is 19.5 Å². The molecule has 2 N–H and O–H groups in total. The minimum absolute atomic E-state index is 0.312. The first-order valence-corrected chi connectivity index (χ1v) is 6.60. The second-order valence-electron chi connectivity index (χ2n) is 4.73. The smallest absolute Gasteiger partial charge is 0.123 e. The summed E-state index contributed by atoms with van der Waals surface area (Å²) < 4.78 is 0. The number of anilines is 1.